The average Bonchev–Trinajstić information content (AvgIpc) is 3.36. The van der Waals surface area contributed by atoms with Crippen LogP contribution in [0.5, 0.6) is 11.5 Å². The number of nitrogens with one attached hydrogen (secondary N) is 2. The predicted octanol–water partition coefficient (Wildman–Crippen LogP) is 3.62. The number of likely N-dealkylation sites (N-methyl/N-ethyl adjacent to an activating group) is 2. The van der Waals surface area contributed by atoms with E-state index in [1.54, 1.807) is 24.2 Å². The van der Waals surface area contributed by atoms with Gasteiger partial charge in [-0.1, -0.05) is 19.1 Å². The summed E-state index contributed by atoms with van der Waals surface area (Å²) in [5, 5.41) is 15.3. The van der Waals surface area contributed by atoms with Crippen molar-refractivity contribution in [2.45, 2.75) is 46.0 Å². The first-order valence-electron chi connectivity index (χ1n) is 15.1. The highest BCUT2D eigenvalue weighted by Gasteiger charge is 2.12. The number of aryl methyl sites for hydroxylation is 1. The number of carboxylic acid groups (broad SMARTS) is 1. The van der Waals surface area contributed by atoms with Crippen LogP contribution in [0.4, 0.5) is 0 Å². The molecule has 0 aliphatic rings. The predicted molar refractivity (Wildman–Crippen MR) is 172 cm³/mol. The van der Waals surface area contributed by atoms with Gasteiger partial charge in [0.05, 0.1) is 31.5 Å². The molecule has 1 aromatic heterocycles. The van der Waals surface area contributed by atoms with Crippen molar-refractivity contribution < 1.29 is 29.2 Å². The number of carboxylic acids is 1. The van der Waals surface area contributed by atoms with Gasteiger partial charge < -0.3 is 19.3 Å². The number of nitrogens with zero attached hydrogens (tertiary/aromatic N) is 5. The number of hydroxylamine groups is 5. The lowest BCUT2D eigenvalue weighted by atomic mass is 10.1. The quantitative estimate of drug-likeness (QED) is 0.0908. The maximum absolute atomic E-state index is 10.6. The molecule has 248 valence electrons. The van der Waals surface area contributed by atoms with Gasteiger partial charge in [-0.05, 0) is 63.3 Å². The molecule has 1 unspecified atom stereocenters. The molecule has 0 aliphatic carbocycles. The Labute approximate surface area is 266 Å². The molecule has 1 heterocycles. The Kier molecular flexibility index (Phi) is 14.9. The number of carbonyl (C=O) groups is 1. The second-order valence-corrected chi connectivity index (χ2v) is 11.0. The summed E-state index contributed by atoms with van der Waals surface area (Å²) >= 11 is 0. The first-order chi connectivity index (χ1) is 21.5. The Morgan fingerprint density at radius 3 is 2.42 bits per heavy atom. The number of imidazole rings is 1. The number of aromatic nitrogens is 2. The minimum Gasteiger partial charge on any atom is -0.481 e. The highest BCUT2D eigenvalue weighted by molar-refractivity contribution is 5.66. The first kappa shape index (κ1) is 36.1. The molecule has 13 nitrogen and oxygen atoms in total. The molecule has 0 spiro atoms. The van der Waals surface area contributed by atoms with Gasteiger partial charge in [0, 0.05) is 51.9 Å². The van der Waals surface area contributed by atoms with E-state index in [-0.39, 0.29) is 26.0 Å². The van der Waals surface area contributed by atoms with E-state index in [1.807, 2.05) is 46.4 Å². The second kappa shape index (κ2) is 18.5. The summed E-state index contributed by atoms with van der Waals surface area (Å²) in [4.78, 5) is 33.8. The maximum Gasteiger partial charge on any atom is 0.305 e. The monoisotopic (exact) mass is 627 g/mol. The van der Waals surface area contributed by atoms with Crippen molar-refractivity contribution in [3.63, 3.8) is 0 Å². The summed E-state index contributed by atoms with van der Waals surface area (Å²) in [5.41, 5.74) is 7.16. The molecule has 0 bridgehead atoms. The van der Waals surface area contributed by atoms with Crippen LogP contribution in [0.3, 0.4) is 0 Å². The molecule has 45 heavy (non-hydrogen) atoms. The Morgan fingerprint density at radius 2 is 1.76 bits per heavy atom. The molecule has 0 saturated heterocycles. The summed E-state index contributed by atoms with van der Waals surface area (Å²) in [5.74, 6) is 1.68. The zero-order valence-electron chi connectivity index (χ0n) is 27.6. The minimum atomic E-state index is -0.889. The van der Waals surface area contributed by atoms with E-state index in [0.29, 0.717) is 19.6 Å². The van der Waals surface area contributed by atoms with Crippen LogP contribution >= 0.6 is 0 Å². The number of hydrogen-bond donors (Lipinski definition) is 3. The molecule has 0 fully saturated rings. The topological polar surface area (TPSA) is 126 Å². The molecule has 0 aliphatic heterocycles. The van der Waals surface area contributed by atoms with Crippen LogP contribution in [-0.2, 0) is 45.9 Å². The molecule has 13 heteroatoms. The largest absolute Gasteiger partial charge is 0.481 e. The Hall–Kier alpha value is -3.40. The fourth-order valence-corrected chi connectivity index (χ4v) is 4.32. The lowest BCUT2D eigenvalue weighted by Crippen LogP contribution is -2.37. The third-order valence-corrected chi connectivity index (χ3v) is 7.00. The molecule has 3 aromatic rings. The van der Waals surface area contributed by atoms with Crippen molar-refractivity contribution >= 4 is 5.97 Å². The number of benzene rings is 2. The van der Waals surface area contributed by atoms with E-state index in [1.165, 1.54) is 5.56 Å². The summed E-state index contributed by atoms with van der Waals surface area (Å²) in [7, 11) is 9.66. The molecule has 0 amide bonds. The van der Waals surface area contributed by atoms with Crippen LogP contribution in [-0.4, -0.2) is 96.5 Å². The molecule has 1 atom stereocenters. The number of rotatable bonds is 21. The normalized spacial score (nSPS) is 12.4. The number of ether oxygens (including phenoxy) is 1. The van der Waals surface area contributed by atoms with Crippen LogP contribution in [0.1, 0.15) is 37.2 Å². The van der Waals surface area contributed by atoms with Crippen molar-refractivity contribution in [3.05, 3.63) is 65.6 Å². The molecule has 0 radical (unpaired) electrons. The lowest BCUT2D eigenvalue weighted by molar-refractivity contribution is -0.203. The molecular weight excluding hydrogens is 578 g/mol. The van der Waals surface area contributed by atoms with Gasteiger partial charge >= 0.3 is 5.97 Å². The van der Waals surface area contributed by atoms with Gasteiger partial charge in [0.25, 0.3) is 0 Å². The van der Waals surface area contributed by atoms with Crippen molar-refractivity contribution in [1.82, 2.24) is 35.4 Å². The van der Waals surface area contributed by atoms with Crippen LogP contribution in [0.25, 0.3) is 11.3 Å². The van der Waals surface area contributed by atoms with E-state index in [2.05, 4.69) is 62.5 Å². The average molecular weight is 628 g/mol. The smallest absolute Gasteiger partial charge is 0.305 e. The number of hydrogen-bond acceptors (Lipinski definition) is 11. The zero-order chi connectivity index (χ0) is 32.8. The molecule has 3 rings (SSSR count). The van der Waals surface area contributed by atoms with Crippen molar-refractivity contribution in [3.8, 4) is 22.8 Å². The van der Waals surface area contributed by atoms with Gasteiger partial charge in [-0.25, -0.2) is 4.98 Å². The van der Waals surface area contributed by atoms with Gasteiger partial charge in [-0.15, -0.1) is 0 Å². The molecule has 3 N–H and O–H groups in total. The van der Waals surface area contributed by atoms with Crippen LogP contribution < -0.4 is 15.5 Å². The second-order valence-electron chi connectivity index (χ2n) is 11.0. The van der Waals surface area contributed by atoms with Gasteiger partial charge in [-0.3, -0.25) is 24.6 Å². The first-order valence-corrected chi connectivity index (χ1v) is 15.1. The van der Waals surface area contributed by atoms with Crippen LogP contribution in [0.2, 0.25) is 0 Å². The highest BCUT2D eigenvalue weighted by atomic mass is 16.7. The fourth-order valence-electron chi connectivity index (χ4n) is 4.32. The highest BCUT2D eigenvalue weighted by Crippen LogP contribution is 2.29. The Morgan fingerprint density at radius 1 is 1.04 bits per heavy atom. The molecular formula is C32H49N7O6. The SMILES string of the molecule is CCc1ccc(CNC(C)ONCON(C)CCN(C)OCCC(=O)O)c(Oc2ccc(-c3cnc(CN(C)C)n3C)cc2)c1. The minimum absolute atomic E-state index is 0.0395. The lowest BCUT2D eigenvalue weighted by Gasteiger charge is -2.22. The fraction of sp³-hybridized carbons (Fsp3) is 0.500. The molecule has 0 saturated carbocycles. The third-order valence-electron chi connectivity index (χ3n) is 7.00. The van der Waals surface area contributed by atoms with E-state index in [9.17, 15) is 4.79 Å². The van der Waals surface area contributed by atoms with Crippen LogP contribution in [0, 0.1) is 0 Å². The van der Waals surface area contributed by atoms with Crippen molar-refractivity contribution in [1.29, 1.82) is 0 Å². The van der Waals surface area contributed by atoms with Gasteiger partial charge in [0.2, 0.25) is 0 Å². The Balaban J connectivity index is 1.46. The Bertz CT molecular complexity index is 1320. The maximum atomic E-state index is 10.6. The molecule has 2 aromatic carbocycles. The van der Waals surface area contributed by atoms with Crippen molar-refractivity contribution in [2.75, 3.05) is 54.6 Å². The van der Waals surface area contributed by atoms with Crippen molar-refractivity contribution in [2.24, 2.45) is 7.05 Å². The standard InChI is InChI=1S/C32H49N7O6/c1-8-25-9-10-27(20-33-24(2)45-35-23-43-38(6)17-16-37(5)42-18-15-32(40)41)30(19-25)44-28-13-11-26(12-14-28)29-21-34-31(39(29)7)22-36(3)4/h9-14,19,21,24,33,35H,8,15-18,20,22-23H2,1-7H3,(H,40,41). The summed E-state index contributed by atoms with van der Waals surface area (Å²) in [6, 6.07) is 14.4. The zero-order valence-corrected chi connectivity index (χ0v) is 27.6. The van der Waals surface area contributed by atoms with Gasteiger partial charge in [0.15, 0.2) is 0 Å². The van der Waals surface area contributed by atoms with Crippen LogP contribution in [0.15, 0.2) is 48.7 Å². The van der Waals surface area contributed by atoms with Gasteiger partial charge in [0.1, 0.15) is 30.3 Å². The van der Waals surface area contributed by atoms with E-state index < -0.39 is 5.97 Å². The van der Waals surface area contributed by atoms with E-state index in [0.717, 1.165) is 47.1 Å². The summed E-state index contributed by atoms with van der Waals surface area (Å²) < 4.78 is 8.49. The summed E-state index contributed by atoms with van der Waals surface area (Å²) in [6.45, 7) is 6.73. The summed E-state index contributed by atoms with van der Waals surface area (Å²) in [6.07, 6.45) is 2.48. The van der Waals surface area contributed by atoms with E-state index >= 15 is 0 Å². The van der Waals surface area contributed by atoms with Gasteiger partial charge in [-0.2, -0.15) is 15.6 Å². The third kappa shape index (κ3) is 12.5. The number of aliphatic carboxylic acids is 1. The van der Waals surface area contributed by atoms with E-state index in [4.69, 9.17) is 24.4 Å².